The molecule has 4 heteroatoms. The third kappa shape index (κ3) is 1.17. The number of nitriles is 2. The van der Waals surface area contributed by atoms with Crippen LogP contribution in [-0.4, -0.2) is 11.1 Å². The van der Waals surface area contributed by atoms with Crippen molar-refractivity contribution in [2.75, 3.05) is 0 Å². The Morgan fingerprint density at radius 1 is 1.56 bits per heavy atom. The van der Waals surface area contributed by atoms with E-state index in [2.05, 4.69) is 0 Å². The van der Waals surface area contributed by atoms with Crippen molar-refractivity contribution in [3.05, 3.63) is 0 Å². The predicted molar refractivity (Wildman–Crippen MR) is 27.0 cm³/mol. The van der Waals surface area contributed by atoms with Gasteiger partial charge in [-0.3, -0.25) is 0 Å². The Morgan fingerprint density at radius 2 is 1.89 bits per heavy atom. The van der Waals surface area contributed by atoms with Gasteiger partial charge < -0.3 is 5.11 Å². The van der Waals surface area contributed by atoms with Crippen LogP contribution in [0.15, 0.2) is 0 Å². The van der Waals surface area contributed by atoms with Crippen LogP contribution in [0, 0.1) is 28.1 Å². The molecule has 0 fully saturated rings. The summed E-state index contributed by atoms with van der Waals surface area (Å²) in [4.78, 5) is 10.0. The van der Waals surface area contributed by atoms with E-state index >= 15 is 0 Å². The minimum absolute atomic E-state index is 1.05. The number of carboxylic acid groups (broad SMARTS) is 1. The van der Waals surface area contributed by atoms with Crippen LogP contribution in [-0.2, 0) is 4.79 Å². The zero-order chi connectivity index (χ0) is 7.49. The molecule has 0 atom stereocenters. The Balaban J connectivity index is 4.60. The van der Waals surface area contributed by atoms with Crippen molar-refractivity contribution in [2.45, 2.75) is 6.92 Å². The predicted octanol–water partition coefficient (Wildman–Crippen LogP) is 0.124. The Hall–Kier alpha value is -1.55. The second kappa shape index (κ2) is 2.15. The van der Waals surface area contributed by atoms with Crippen molar-refractivity contribution in [1.82, 2.24) is 0 Å². The molecule has 1 N–H and O–H groups in total. The van der Waals surface area contributed by atoms with Gasteiger partial charge in [0.1, 0.15) is 0 Å². The van der Waals surface area contributed by atoms with Crippen molar-refractivity contribution < 1.29 is 9.90 Å². The van der Waals surface area contributed by atoms with Gasteiger partial charge in [0.25, 0.3) is 0 Å². The topological polar surface area (TPSA) is 84.9 Å². The number of hydrogen-bond acceptors (Lipinski definition) is 3. The molecule has 4 nitrogen and oxygen atoms in total. The fraction of sp³-hybridized carbons (Fsp3) is 0.400. The van der Waals surface area contributed by atoms with Gasteiger partial charge in [0.15, 0.2) is 0 Å². The average Bonchev–Trinajstić information content (AvgIpc) is 1.86. The van der Waals surface area contributed by atoms with E-state index in [0.717, 1.165) is 6.92 Å². The fourth-order valence-electron chi connectivity index (χ4n) is 0.121. The molecule has 0 aromatic carbocycles. The summed E-state index contributed by atoms with van der Waals surface area (Å²) in [5.74, 6) is -1.41. The number of aliphatic carboxylic acids is 1. The molecular weight excluding hydrogens is 120 g/mol. The summed E-state index contributed by atoms with van der Waals surface area (Å²) in [7, 11) is 0. The molecule has 0 rings (SSSR count). The lowest BCUT2D eigenvalue weighted by Gasteiger charge is -2.01. The first-order valence-electron chi connectivity index (χ1n) is 2.12. The lowest BCUT2D eigenvalue weighted by molar-refractivity contribution is -0.142. The highest BCUT2D eigenvalue weighted by Crippen LogP contribution is 2.11. The first-order chi connectivity index (χ1) is 4.06. The molecule has 0 aromatic rings. The van der Waals surface area contributed by atoms with Gasteiger partial charge in [-0.15, -0.1) is 0 Å². The summed E-state index contributed by atoms with van der Waals surface area (Å²) < 4.78 is 0. The average molecular weight is 124 g/mol. The minimum Gasteiger partial charge on any atom is -0.479 e. The Morgan fingerprint density at radius 3 is 1.89 bits per heavy atom. The minimum atomic E-state index is -1.89. The van der Waals surface area contributed by atoms with Crippen molar-refractivity contribution in [3.63, 3.8) is 0 Å². The number of carbonyl (C=O) groups is 1. The van der Waals surface area contributed by atoms with E-state index in [4.69, 9.17) is 15.6 Å². The van der Waals surface area contributed by atoms with E-state index in [1.807, 2.05) is 0 Å². The van der Waals surface area contributed by atoms with Gasteiger partial charge in [-0.05, 0) is 6.92 Å². The zero-order valence-corrected chi connectivity index (χ0v) is 4.75. The first kappa shape index (κ1) is 7.45. The van der Waals surface area contributed by atoms with Crippen molar-refractivity contribution >= 4 is 5.97 Å². The summed E-state index contributed by atoms with van der Waals surface area (Å²) >= 11 is 0. The molecule has 0 aliphatic heterocycles. The Kier molecular flexibility index (Phi) is 1.78. The zero-order valence-electron chi connectivity index (χ0n) is 4.75. The van der Waals surface area contributed by atoms with Crippen molar-refractivity contribution in [3.8, 4) is 12.1 Å². The molecule has 0 saturated heterocycles. The van der Waals surface area contributed by atoms with Crippen LogP contribution >= 0.6 is 0 Å². The summed E-state index contributed by atoms with van der Waals surface area (Å²) in [6.45, 7) is 1.05. The lowest BCUT2D eigenvalue weighted by Crippen LogP contribution is -2.22. The Bertz CT molecular complexity index is 194. The highest BCUT2D eigenvalue weighted by atomic mass is 16.4. The number of hydrogen-bond donors (Lipinski definition) is 1. The monoisotopic (exact) mass is 124 g/mol. The molecule has 0 spiro atoms. The van der Waals surface area contributed by atoms with Gasteiger partial charge in [-0.25, -0.2) is 4.79 Å². The first-order valence-corrected chi connectivity index (χ1v) is 2.12. The summed E-state index contributed by atoms with van der Waals surface area (Å²) in [5, 5.41) is 24.4. The van der Waals surface area contributed by atoms with E-state index < -0.39 is 11.4 Å². The van der Waals surface area contributed by atoms with E-state index in [0.29, 0.717) is 0 Å². The van der Waals surface area contributed by atoms with Gasteiger partial charge >= 0.3 is 5.97 Å². The van der Waals surface area contributed by atoms with Crippen LogP contribution in [0.1, 0.15) is 6.92 Å². The second-order valence-electron chi connectivity index (χ2n) is 1.65. The van der Waals surface area contributed by atoms with Crippen LogP contribution in [0.2, 0.25) is 0 Å². The van der Waals surface area contributed by atoms with E-state index in [1.54, 1.807) is 0 Å². The molecule has 0 aliphatic carbocycles. The highest BCUT2D eigenvalue weighted by Gasteiger charge is 2.32. The largest absolute Gasteiger partial charge is 0.479 e. The molecule has 0 amide bonds. The van der Waals surface area contributed by atoms with Gasteiger partial charge in [-0.1, -0.05) is 0 Å². The SMILES string of the molecule is CC(C#N)(C#N)C(=O)O. The Labute approximate surface area is 51.9 Å². The van der Waals surface area contributed by atoms with Crippen LogP contribution in [0.25, 0.3) is 0 Å². The van der Waals surface area contributed by atoms with E-state index in [9.17, 15) is 4.79 Å². The molecule has 0 aliphatic rings. The van der Waals surface area contributed by atoms with Gasteiger partial charge in [-0.2, -0.15) is 10.5 Å². The fourth-order valence-corrected chi connectivity index (χ4v) is 0.121. The smallest absolute Gasteiger partial charge is 0.338 e. The summed E-state index contributed by atoms with van der Waals surface area (Å²) in [6, 6.07) is 2.73. The number of carboxylic acids is 1. The molecule has 0 unspecified atom stereocenters. The summed E-state index contributed by atoms with van der Waals surface area (Å²) in [5.41, 5.74) is -1.89. The van der Waals surface area contributed by atoms with Gasteiger partial charge in [0, 0.05) is 0 Å². The molecule has 0 heterocycles. The van der Waals surface area contributed by atoms with E-state index in [-0.39, 0.29) is 0 Å². The third-order valence-electron chi connectivity index (χ3n) is 0.875. The quantitative estimate of drug-likeness (QED) is 0.538. The maximum absolute atomic E-state index is 10.0. The summed E-state index contributed by atoms with van der Waals surface area (Å²) in [6.07, 6.45) is 0. The maximum atomic E-state index is 10.0. The molecule has 9 heavy (non-hydrogen) atoms. The number of nitrogens with zero attached hydrogens (tertiary/aromatic N) is 2. The molecule has 46 valence electrons. The van der Waals surface area contributed by atoms with Gasteiger partial charge in [0.05, 0.1) is 12.1 Å². The van der Waals surface area contributed by atoms with Crippen LogP contribution in [0.3, 0.4) is 0 Å². The second-order valence-corrected chi connectivity index (χ2v) is 1.65. The molecule has 0 bridgehead atoms. The highest BCUT2D eigenvalue weighted by molar-refractivity contribution is 5.80. The maximum Gasteiger partial charge on any atom is 0.338 e. The van der Waals surface area contributed by atoms with Crippen LogP contribution in [0.4, 0.5) is 0 Å². The van der Waals surface area contributed by atoms with Crippen molar-refractivity contribution in [1.29, 1.82) is 10.5 Å². The third-order valence-corrected chi connectivity index (χ3v) is 0.875. The van der Waals surface area contributed by atoms with Crippen molar-refractivity contribution in [2.24, 2.45) is 5.41 Å². The lowest BCUT2D eigenvalue weighted by atomic mass is 9.96. The van der Waals surface area contributed by atoms with Gasteiger partial charge in [0.2, 0.25) is 5.41 Å². The van der Waals surface area contributed by atoms with Crippen LogP contribution in [0.5, 0.6) is 0 Å². The molecular formula is C5H4N2O2. The van der Waals surface area contributed by atoms with Crippen LogP contribution < -0.4 is 0 Å². The van der Waals surface area contributed by atoms with E-state index in [1.165, 1.54) is 12.1 Å². The number of rotatable bonds is 1. The molecule has 0 saturated carbocycles. The molecule has 0 aromatic heterocycles. The standard InChI is InChI=1S/C5H4N2O2/c1-5(2-6,3-7)4(8)9/h1H3,(H,8,9). The normalized spacial score (nSPS) is 9.22. The molecule has 0 radical (unpaired) electrons.